The van der Waals surface area contributed by atoms with Crippen molar-refractivity contribution in [3.05, 3.63) is 72.4 Å². The molecule has 3 aromatic rings. The summed E-state index contributed by atoms with van der Waals surface area (Å²) < 4.78 is 3.25. The fraction of sp³-hybridized carbons (Fsp3) is 0.182. The van der Waals surface area contributed by atoms with Crippen LogP contribution in [-0.4, -0.2) is 70.5 Å². The highest BCUT2D eigenvalue weighted by Crippen LogP contribution is 2.33. The second-order valence-corrected chi connectivity index (χ2v) is 10.6. The molecule has 0 aliphatic heterocycles. The Morgan fingerprint density at radius 2 is 1.69 bits per heavy atom. The molecule has 4 amide bonds. The van der Waals surface area contributed by atoms with Crippen LogP contribution in [0.4, 0.5) is 10.5 Å². The predicted octanol–water partition coefficient (Wildman–Crippen LogP) is 5.67. The van der Waals surface area contributed by atoms with Gasteiger partial charge in [0, 0.05) is 54.0 Å². The van der Waals surface area contributed by atoms with E-state index in [-0.39, 0.29) is 16.9 Å². The minimum absolute atomic E-state index is 0.161. The molecular formula is C22H20Br3ClN6O3. The maximum absolute atomic E-state index is 13.4. The number of nitrogens with one attached hydrogen (secondary N) is 1. The summed E-state index contributed by atoms with van der Waals surface area (Å²) in [6.45, 7) is 0. The number of amides is 4. The minimum Gasteiger partial charge on any atom is -0.329 e. The number of hydrogen-bond acceptors (Lipinski definition) is 4. The number of carbonyl (C=O) groups excluding carboxylic acids is 3. The number of hydrazine groups is 1. The van der Waals surface area contributed by atoms with Gasteiger partial charge in [-0.25, -0.2) is 19.8 Å². The van der Waals surface area contributed by atoms with Gasteiger partial charge >= 0.3 is 6.03 Å². The third-order valence-electron chi connectivity index (χ3n) is 4.91. The molecule has 0 unspecified atom stereocenters. The first-order chi connectivity index (χ1) is 16.4. The van der Waals surface area contributed by atoms with Crippen LogP contribution in [0.3, 0.4) is 0 Å². The first-order valence-electron chi connectivity index (χ1n) is 9.94. The van der Waals surface area contributed by atoms with E-state index in [1.54, 1.807) is 61.4 Å². The molecule has 0 fully saturated rings. The molecule has 2 heterocycles. The molecule has 13 heteroatoms. The second-order valence-electron chi connectivity index (χ2n) is 7.52. The lowest BCUT2D eigenvalue weighted by Gasteiger charge is -2.31. The van der Waals surface area contributed by atoms with Crippen molar-refractivity contribution in [2.75, 3.05) is 33.5 Å². The molecule has 184 valence electrons. The van der Waals surface area contributed by atoms with E-state index < -0.39 is 17.8 Å². The normalized spacial score (nSPS) is 10.6. The summed E-state index contributed by atoms with van der Waals surface area (Å²) in [4.78, 5) is 44.7. The van der Waals surface area contributed by atoms with Gasteiger partial charge in [-0.1, -0.05) is 27.5 Å². The van der Waals surface area contributed by atoms with Gasteiger partial charge < -0.3 is 10.2 Å². The van der Waals surface area contributed by atoms with Crippen LogP contribution in [0.5, 0.6) is 0 Å². The number of halogens is 4. The van der Waals surface area contributed by atoms with Crippen LogP contribution in [0.1, 0.15) is 20.8 Å². The van der Waals surface area contributed by atoms with E-state index in [0.717, 1.165) is 0 Å². The van der Waals surface area contributed by atoms with Gasteiger partial charge in [-0.3, -0.25) is 14.2 Å². The third kappa shape index (κ3) is 5.88. The highest BCUT2D eigenvalue weighted by atomic mass is 79.9. The van der Waals surface area contributed by atoms with E-state index in [0.29, 0.717) is 24.3 Å². The average molecular weight is 692 g/mol. The van der Waals surface area contributed by atoms with Gasteiger partial charge in [-0.2, -0.15) is 0 Å². The molecule has 3 rings (SSSR count). The van der Waals surface area contributed by atoms with Gasteiger partial charge in [-0.15, -0.1) is 0 Å². The summed E-state index contributed by atoms with van der Waals surface area (Å²) >= 11 is 16.5. The monoisotopic (exact) mass is 688 g/mol. The number of nitrogens with zero attached hydrogens (tertiary/aromatic N) is 5. The lowest BCUT2D eigenvalue weighted by atomic mass is 10.1. The van der Waals surface area contributed by atoms with Gasteiger partial charge in [0.25, 0.3) is 11.8 Å². The zero-order valence-corrected chi connectivity index (χ0v) is 24.5. The topological polar surface area (TPSA) is 90.8 Å². The maximum atomic E-state index is 13.4. The maximum Gasteiger partial charge on any atom is 0.338 e. The molecule has 9 nitrogen and oxygen atoms in total. The molecule has 1 N–H and O–H groups in total. The van der Waals surface area contributed by atoms with Gasteiger partial charge in [-0.05, 0) is 62.2 Å². The highest BCUT2D eigenvalue weighted by Gasteiger charge is 2.27. The fourth-order valence-corrected chi connectivity index (χ4v) is 5.07. The Hall–Kier alpha value is -2.41. The molecular weight excluding hydrogens is 671 g/mol. The molecule has 0 saturated carbocycles. The lowest BCUT2D eigenvalue weighted by Crippen LogP contribution is -2.48. The number of anilines is 1. The molecule has 0 aliphatic rings. The molecule has 35 heavy (non-hydrogen) atoms. The van der Waals surface area contributed by atoms with Gasteiger partial charge in [0.05, 0.1) is 16.3 Å². The van der Waals surface area contributed by atoms with Crippen molar-refractivity contribution in [3.8, 4) is 5.82 Å². The quantitative estimate of drug-likeness (QED) is 0.358. The summed E-state index contributed by atoms with van der Waals surface area (Å²) in [5.41, 5.74) is 0.629. The van der Waals surface area contributed by atoms with Gasteiger partial charge in [0.15, 0.2) is 5.82 Å². The van der Waals surface area contributed by atoms with E-state index in [2.05, 4.69) is 58.1 Å². The summed E-state index contributed by atoms with van der Waals surface area (Å²) in [7, 11) is 6.11. The molecule has 0 saturated heterocycles. The minimum atomic E-state index is -0.510. The number of urea groups is 1. The first-order valence-corrected chi connectivity index (χ1v) is 12.7. The van der Waals surface area contributed by atoms with Crippen molar-refractivity contribution in [1.29, 1.82) is 0 Å². The summed E-state index contributed by atoms with van der Waals surface area (Å²) in [5.74, 6) is -0.640. The number of rotatable bonds is 4. The fourth-order valence-electron chi connectivity index (χ4n) is 3.11. The summed E-state index contributed by atoms with van der Waals surface area (Å²) in [5, 5.41) is 5.51. The SMILES string of the molecule is CN(C)C(=O)N(C)N(C)C(=O)c1cc(Br)cc(Br)c1NC(=O)c1cc(Br)cn1-c1ncccc1Cl. The van der Waals surface area contributed by atoms with Crippen molar-refractivity contribution in [3.63, 3.8) is 0 Å². The van der Waals surface area contributed by atoms with Crippen molar-refractivity contribution >= 4 is 82.9 Å². The number of benzene rings is 1. The number of carbonyl (C=O) groups is 3. The molecule has 0 aliphatic carbocycles. The van der Waals surface area contributed by atoms with E-state index in [9.17, 15) is 14.4 Å². The Kier molecular flexibility index (Phi) is 8.63. The Balaban J connectivity index is 2.01. The first kappa shape index (κ1) is 27.2. The van der Waals surface area contributed by atoms with Crippen LogP contribution in [0.15, 0.2) is 56.1 Å². The zero-order valence-electron chi connectivity index (χ0n) is 19.0. The van der Waals surface area contributed by atoms with Crippen LogP contribution in [0, 0.1) is 0 Å². The van der Waals surface area contributed by atoms with Crippen LogP contribution >= 0.6 is 59.4 Å². The van der Waals surface area contributed by atoms with E-state index >= 15 is 0 Å². The van der Waals surface area contributed by atoms with Gasteiger partial charge in [0.1, 0.15) is 5.69 Å². The average Bonchev–Trinajstić information content (AvgIpc) is 3.20. The molecule has 1 aromatic carbocycles. The Bertz CT molecular complexity index is 1310. The Labute approximate surface area is 232 Å². The molecule has 2 aromatic heterocycles. The molecule has 0 atom stereocenters. The van der Waals surface area contributed by atoms with Crippen LogP contribution < -0.4 is 5.32 Å². The summed E-state index contributed by atoms with van der Waals surface area (Å²) in [6.07, 6.45) is 3.24. The summed E-state index contributed by atoms with van der Waals surface area (Å²) in [6, 6.07) is 7.85. The van der Waals surface area contributed by atoms with Crippen molar-refractivity contribution in [1.82, 2.24) is 24.5 Å². The van der Waals surface area contributed by atoms with E-state index in [1.807, 2.05) is 0 Å². The van der Waals surface area contributed by atoms with Crippen molar-refractivity contribution in [2.24, 2.45) is 0 Å². The largest absolute Gasteiger partial charge is 0.338 e. The molecule has 0 spiro atoms. The van der Waals surface area contributed by atoms with Gasteiger partial charge in [0.2, 0.25) is 0 Å². The standard InChI is InChI=1S/C22H20Br3ClN6O3/c1-29(2)22(35)31(4)30(3)21(34)14-8-12(23)9-15(25)18(14)28-20(33)17-10-13(24)11-32(17)19-16(26)6-5-7-27-19/h5-11H,1-4H3,(H,28,33). The molecule has 0 bridgehead atoms. The third-order valence-corrected chi connectivity index (χ3v) is 6.73. The predicted molar refractivity (Wildman–Crippen MR) is 145 cm³/mol. The zero-order chi connectivity index (χ0) is 26.0. The smallest absolute Gasteiger partial charge is 0.329 e. The van der Waals surface area contributed by atoms with Crippen molar-refractivity contribution < 1.29 is 14.4 Å². The Morgan fingerprint density at radius 3 is 2.31 bits per heavy atom. The van der Waals surface area contributed by atoms with Crippen LogP contribution in [-0.2, 0) is 0 Å². The Morgan fingerprint density at radius 1 is 1.00 bits per heavy atom. The van der Waals surface area contributed by atoms with Crippen LogP contribution in [0.25, 0.3) is 5.82 Å². The number of pyridine rings is 1. The van der Waals surface area contributed by atoms with Crippen molar-refractivity contribution in [2.45, 2.75) is 0 Å². The molecule has 0 radical (unpaired) electrons. The number of aromatic nitrogens is 2. The van der Waals surface area contributed by atoms with E-state index in [4.69, 9.17) is 11.6 Å². The van der Waals surface area contributed by atoms with Crippen LogP contribution in [0.2, 0.25) is 5.02 Å². The lowest BCUT2D eigenvalue weighted by molar-refractivity contribution is 0.0323. The second kappa shape index (κ2) is 11.1. The highest BCUT2D eigenvalue weighted by molar-refractivity contribution is 9.11. The van der Waals surface area contributed by atoms with E-state index in [1.165, 1.54) is 29.0 Å². The number of hydrogen-bond donors (Lipinski definition) is 1.